The Bertz CT molecular complexity index is 1130. The van der Waals surface area contributed by atoms with Crippen LogP contribution in [0.5, 0.6) is 23.0 Å². The van der Waals surface area contributed by atoms with E-state index in [0.29, 0.717) is 40.7 Å². The quantitative estimate of drug-likeness (QED) is 0.411. The van der Waals surface area contributed by atoms with Crippen LogP contribution in [0.4, 0.5) is 0 Å². The zero-order chi connectivity index (χ0) is 24.5. The van der Waals surface area contributed by atoms with E-state index in [0.717, 1.165) is 10.7 Å². The number of benzene rings is 2. The lowest BCUT2D eigenvalue weighted by molar-refractivity contribution is -0.124. The molecule has 1 amide bonds. The molecule has 0 saturated carbocycles. The topological polar surface area (TPSA) is 105 Å². The van der Waals surface area contributed by atoms with Crippen LogP contribution in [0.1, 0.15) is 26.6 Å². The third-order valence-electron chi connectivity index (χ3n) is 4.74. The zero-order valence-electron chi connectivity index (χ0n) is 19.4. The standard InChI is InChI=1S/C24H26N2O7S/c1-15-26-18(14-34-15)12-32-19-7-5-16(6-8-19)24(28)33-13-23(27)25-11-17-9-21(30-3)22(31-4)10-20(17)29-2/h5-10,14H,11-13H2,1-4H3,(H,25,27). The second-order valence-corrected chi connectivity index (χ2v) is 8.11. The number of rotatable bonds is 11. The molecule has 0 fully saturated rings. The lowest BCUT2D eigenvalue weighted by Gasteiger charge is -2.14. The molecule has 0 radical (unpaired) electrons. The lowest BCUT2D eigenvalue weighted by atomic mass is 10.1. The molecule has 3 rings (SSSR count). The van der Waals surface area contributed by atoms with Crippen LogP contribution in [0.15, 0.2) is 41.8 Å². The normalized spacial score (nSPS) is 10.4. The first-order valence-corrected chi connectivity index (χ1v) is 11.2. The molecule has 0 unspecified atom stereocenters. The number of nitrogens with zero attached hydrogens (tertiary/aromatic N) is 1. The Hall–Kier alpha value is -3.79. The minimum Gasteiger partial charge on any atom is -0.496 e. The Morgan fingerprint density at radius 3 is 2.26 bits per heavy atom. The molecular weight excluding hydrogens is 460 g/mol. The first-order valence-electron chi connectivity index (χ1n) is 10.3. The van der Waals surface area contributed by atoms with Crippen LogP contribution in [0.3, 0.4) is 0 Å². The summed E-state index contributed by atoms with van der Waals surface area (Å²) in [5.41, 5.74) is 1.84. The third-order valence-corrected chi connectivity index (χ3v) is 5.56. The number of esters is 1. The molecule has 180 valence electrons. The van der Waals surface area contributed by atoms with Crippen molar-refractivity contribution in [2.24, 2.45) is 0 Å². The summed E-state index contributed by atoms with van der Waals surface area (Å²) in [5.74, 6) is 1.08. The maximum absolute atomic E-state index is 12.3. The number of carbonyl (C=O) groups is 2. The van der Waals surface area contributed by atoms with Gasteiger partial charge in [-0.05, 0) is 37.3 Å². The van der Waals surface area contributed by atoms with Gasteiger partial charge in [0.25, 0.3) is 5.91 Å². The maximum Gasteiger partial charge on any atom is 0.338 e. The summed E-state index contributed by atoms with van der Waals surface area (Å²) in [5, 5.41) is 5.61. The van der Waals surface area contributed by atoms with Gasteiger partial charge in [0.15, 0.2) is 18.1 Å². The first kappa shape index (κ1) is 24.8. The monoisotopic (exact) mass is 486 g/mol. The number of nitrogens with one attached hydrogen (secondary N) is 1. The molecule has 2 aromatic carbocycles. The highest BCUT2D eigenvalue weighted by molar-refractivity contribution is 7.09. The molecule has 10 heteroatoms. The van der Waals surface area contributed by atoms with Crippen LogP contribution < -0.4 is 24.3 Å². The summed E-state index contributed by atoms with van der Waals surface area (Å²) in [6.07, 6.45) is 0. The second-order valence-electron chi connectivity index (χ2n) is 7.04. The van der Waals surface area contributed by atoms with Gasteiger partial charge in [-0.2, -0.15) is 0 Å². The highest BCUT2D eigenvalue weighted by atomic mass is 32.1. The Labute approximate surface area is 201 Å². The van der Waals surface area contributed by atoms with Crippen LogP contribution in [0.2, 0.25) is 0 Å². The van der Waals surface area contributed by atoms with Crippen molar-refractivity contribution in [3.05, 3.63) is 63.6 Å². The van der Waals surface area contributed by atoms with Crippen LogP contribution in [-0.2, 0) is 22.7 Å². The summed E-state index contributed by atoms with van der Waals surface area (Å²) >= 11 is 1.56. The third kappa shape index (κ3) is 6.61. The molecular formula is C24H26N2O7S. The van der Waals surface area contributed by atoms with E-state index >= 15 is 0 Å². The predicted octanol–water partition coefficient (Wildman–Crippen LogP) is 3.53. The number of methoxy groups -OCH3 is 3. The van der Waals surface area contributed by atoms with Gasteiger partial charge in [-0.1, -0.05) is 0 Å². The van der Waals surface area contributed by atoms with Gasteiger partial charge in [-0.3, -0.25) is 4.79 Å². The number of thiazole rings is 1. The molecule has 3 aromatic rings. The SMILES string of the molecule is COc1cc(OC)c(OC)cc1CNC(=O)COC(=O)c1ccc(OCc2csc(C)n2)cc1. The molecule has 1 N–H and O–H groups in total. The number of hydrogen-bond donors (Lipinski definition) is 1. The van der Waals surface area contributed by atoms with Crippen molar-refractivity contribution in [2.45, 2.75) is 20.1 Å². The molecule has 0 aliphatic heterocycles. The number of aryl methyl sites for hydroxylation is 1. The van der Waals surface area contributed by atoms with Gasteiger partial charge < -0.3 is 29.0 Å². The minimum atomic E-state index is -0.611. The van der Waals surface area contributed by atoms with E-state index in [1.807, 2.05) is 12.3 Å². The van der Waals surface area contributed by atoms with E-state index in [1.54, 1.807) is 47.7 Å². The van der Waals surface area contributed by atoms with Crippen molar-refractivity contribution in [3.63, 3.8) is 0 Å². The Morgan fingerprint density at radius 2 is 1.65 bits per heavy atom. The summed E-state index contributed by atoms with van der Waals surface area (Å²) < 4.78 is 26.7. The van der Waals surface area contributed by atoms with E-state index in [1.165, 1.54) is 21.3 Å². The fourth-order valence-corrected chi connectivity index (χ4v) is 3.61. The van der Waals surface area contributed by atoms with Gasteiger partial charge in [0, 0.05) is 23.6 Å². The molecule has 0 aliphatic carbocycles. The van der Waals surface area contributed by atoms with Crippen LogP contribution in [-0.4, -0.2) is 44.8 Å². The molecule has 0 bridgehead atoms. The smallest absolute Gasteiger partial charge is 0.338 e. The number of aromatic nitrogens is 1. The average Bonchev–Trinajstić information content (AvgIpc) is 3.29. The second kappa shape index (κ2) is 11.9. The molecule has 0 saturated heterocycles. The molecule has 0 aliphatic rings. The van der Waals surface area contributed by atoms with Crippen molar-refractivity contribution < 1.29 is 33.3 Å². The first-order chi connectivity index (χ1) is 16.4. The van der Waals surface area contributed by atoms with Gasteiger partial charge >= 0.3 is 5.97 Å². The van der Waals surface area contributed by atoms with E-state index < -0.39 is 18.5 Å². The van der Waals surface area contributed by atoms with Crippen molar-refractivity contribution in [2.75, 3.05) is 27.9 Å². The van der Waals surface area contributed by atoms with Crippen LogP contribution >= 0.6 is 11.3 Å². The van der Waals surface area contributed by atoms with Crippen molar-refractivity contribution in [3.8, 4) is 23.0 Å². The highest BCUT2D eigenvalue weighted by Crippen LogP contribution is 2.34. The summed E-state index contributed by atoms with van der Waals surface area (Å²) in [4.78, 5) is 28.8. The predicted molar refractivity (Wildman–Crippen MR) is 126 cm³/mol. The number of amides is 1. The number of carbonyl (C=O) groups excluding carboxylic acids is 2. The number of ether oxygens (including phenoxy) is 5. The van der Waals surface area contributed by atoms with Crippen molar-refractivity contribution in [1.82, 2.24) is 10.3 Å². The summed E-state index contributed by atoms with van der Waals surface area (Å²) in [7, 11) is 4.56. The summed E-state index contributed by atoms with van der Waals surface area (Å²) in [6.45, 7) is 2.02. The van der Waals surface area contributed by atoms with Gasteiger partial charge in [-0.25, -0.2) is 9.78 Å². The maximum atomic E-state index is 12.3. The van der Waals surface area contributed by atoms with Gasteiger partial charge in [0.1, 0.15) is 18.1 Å². The average molecular weight is 487 g/mol. The van der Waals surface area contributed by atoms with Gasteiger partial charge in [0.05, 0.1) is 37.6 Å². The fourth-order valence-electron chi connectivity index (χ4n) is 3.01. The Kier molecular flexibility index (Phi) is 8.69. The largest absolute Gasteiger partial charge is 0.496 e. The van der Waals surface area contributed by atoms with Crippen LogP contribution in [0, 0.1) is 6.92 Å². The van der Waals surface area contributed by atoms with E-state index in [9.17, 15) is 9.59 Å². The van der Waals surface area contributed by atoms with Crippen molar-refractivity contribution in [1.29, 1.82) is 0 Å². The van der Waals surface area contributed by atoms with Crippen molar-refractivity contribution >= 4 is 23.2 Å². The van der Waals surface area contributed by atoms with E-state index in [2.05, 4.69) is 10.3 Å². The van der Waals surface area contributed by atoms with E-state index in [4.69, 9.17) is 23.7 Å². The Morgan fingerprint density at radius 1 is 0.971 bits per heavy atom. The molecule has 1 heterocycles. The minimum absolute atomic E-state index is 0.157. The molecule has 9 nitrogen and oxygen atoms in total. The van der Waals surface area contributed by atoms with Crippen LogP contribution in [0.25, 0.3) is 0 Å². The molecule has 34 heavy (non-hydrogen) atoms. The van der Waals surface area contributed by atoms with E-state index in [-0.39, 0.29) is 6.54 Å². The number of hydrogen-bond acceptors (Lipinski definition) is 9. The van der Waals surface area contributed by atoms with Gasteiger partial charge in [-0.15, -0.1) is 11.3 Å². The lowest BCUT2D eigenvalue weighted by Crippen LogP contribution is -2.28. The van der Waals surface area contributed by atoms with Gasteiger partial charge in [0.2, 0.25) is 0 Å². The Balaban J connectivity index is 1.48. The molecule has 0 spiro atoms. The summed E-state index contributed by atoms with van der Waals surface area (Å²) in [6, 6.07) is 9.88. The molecule has 1 aromatic heterocycles. The fraction of sp³-hybridized carbons (Fsp3) is 0.292. The molecule has 0 atom stereocenters. The highest BCUT2D eigenvalue weighted by Gasteiger charge is 2.14. The zero-order valence-corrected chi connectivity index (χ0v) is 20.2.